The van der Waals surface area contributed by atoms with E-state index in [4.69, 9.17) is 23.2 Å². The van der Waals surface area contributed by atoms with Crippen molar-refractivity contribution in [2.45, 2.75) is 25.9 Å². The summed E-state index contributed by atoms with van der Waals surface area (Å²) in [6.45, 7) is 2.34. The second-order valence-corrected chi connectivity index (χ2v) is 7.41. The van der Waals surface area contributed by atoms with E-state index in [-0.39, 0.29) is 21.6 Å². The van der Waals surface area contributed by atoms with E-state index in [0.717, 1.165) is 24.4 Å². The van der Waals surface area contributed by atoms with E-state index in [1.165, 1.54) is 24.3 Å². The Morgan fingerprint density at radius 1 is 1.24 bits per heavy atom. The maximum atomic E-state index is 13.0. The van der Waals surface area contributed by atoms with Crippen molar-refractivity contribution in [1.82, 2.24) is 14.7 Å². The van der Waals surface area contributed by atoms with Crippen LogP contribution >= 0.6 is 23.2 Å². The molecular formula is C19H16Cl2F3N3O2. The Kier molecular flexibility index (Phi) is 6.05. The SMILES string of the molecule is Cc1c(C(F)(F)F)cnn(-c2ccc(Cl)c(/C=C(\Cl)C(=O)N3CCCC3)c2)c1=O. The van der Waals surface area contributed by atoms with E-state index in [0.29, 0.717) is 24.8 Å². The van der Waals surface area contributed by atoms with E-state index in [9.17, 15) is 22.8 Å². The molecule has 154 valence electrons. The van der Waals surface area contributed by atoms with Gasteiger partial charge < -0.3 is 4.90 Å². The molecule has 5 nitrogen and oxygen atoms in total. The van der Waals surface area contributed by atoms with Gasteiger partial charge in [-0.15, -0.1) is 0 Å². The summed E-state index contributed by atoms with van der Waals surface area (Å²) in [7, 11) is 0. The third-order valence-electron chi connectivity index (χ3n) is 4.63. The molecule has 0 atom stereocenters. The van der Waals surface area contributed by atoms with Crippen LogP contribution in [-0.2, 0) is 11.0 Å². The second kappa shape index (κ2) is 8.20. The number of rotatable bonds is 3. The molecule has 29 heavy (non-hydrogen) atoms. The van der Waals surface area contributed by atoms with Crippen molar-refractivity contribution in [3.05, 3.63) is 61.5 Å². The van der Waals surface area contributed by atoms with E-state index in [2.05, 4.69) is 5.10 Å². The molecule has 1 saturated heterocycles. The number of nitrogens with zero attached hydrogens (tertiary/aromatic N) is 3. The molecule has 2 heterocycles. The van der Waals surface area contributed by atoms with Crippen LogP contribution in [-0.4, -0.2) is 33.7 Å². The summed E-state index contributed by atoms with van der Waals surface area (Å²) in [6.07, 6.45) is -0.880. The van der Waals surface area contributed by atoms with Gasteiger partial charge in [-0.05, 0) is 49.6 Å². The topological polar surface area (TPSA) is 55.2 Å². The van der Waals surface area contributed by atoms with Crippen molar-refractivity contribution in [1.29, 1.82) is 0 Å². The number of hydrogen-bond acceptors (Lipinski definition) is 3. The van der Waals surface area contributed by atoms with Crippen LogP contribution in [0.15, 0.2) is 34.2 Å². The fraction of sp³-hybridized carbons (Fsp3) is 0.316. The Bertz CT molecular complexity index is 1040. The van der Waals surface area contributed by atoms with Gasteiger partial charge in [-0.1, -0.05) is 23.2 Å². The minimum atomic E-state index is -4.67. The summed E-state index contributed by atoms with van der Waals surface area (Å²) < 4.78 is 39.7. The maximum absolute atomic E-state index is 13.0. The standard InChI is InChI=1S/C19H16Cl2F3N3O2/c1-11-14(19(22,23)24)10-25-27(17(11)28)13-4-5-15(20)12(8-13)9-16(21)18(29)26-6-2-3-7-26/h4-5,8-10H,2-3,6-7H2,1H3/b16-9-. The molecule has 1 fully saturated rings. The number of carbonyl (C=O) groups excluding carboxylic acids is 1. The molecule has 0 unspecified atom stereocenters. The van der Waals surface area contributed by atoms with Gasteiger partial charge in [0, 0.05) is 23.7 Å². The molecule has 0 aliphatic carbocycles. The van der Waals surface area contributed by atoms with Gasteiger partial charge in [0.25, 0.3) is 11.5 Å². The predicted octanol–water partition coefficient (Wildman–Crippen LogP) is 4.42. The first-order valence-electron chi connectivity index (χ1n) is 8.72. The van der Waals surface area contributed by atoms with E-state index >= 15 is 0 Å². The average Bonchev–Trinajstić information content (AvgIpc) is 3.19. The van der Waals surface area contributed by atoms with Crippen molar-refractivity contribution >= 4 is 35.2 Å². The minimum absolute atomic E-state index is 0.0464. The smallest absolute Gasteiger partial charge is 0.338 e. The number of benzene rings is 1. The van der Waals surface area contributed by atoms with Crippen LogP contribution < -0.4 is 5.56 Å². The highest BCUT2D eigenvalue weighted by atomic mass is 35.5. The molecule has 3 rings (SSSR count). The van der Waals surface area contributed by atoms with Gasteiger partial charge in [-0.2, -0.15) is 23.0 Å². The molecule has 1 aromatic heterocycles. The van der Waals surface area contributed by atoms with Gasteiger partial charge in [-0.3, -0.25) is 9.59 Å². The van der Waals surface area contributed by atoms with Crippen molar-refractivity contribution in [2.75, 3.05) is 13.1 Å². The molecule has 0 bridgehead atoms. The minimum Gasteiger partial charge on any atom is -0.338 e. The normalized spacial score (nSPS) is 15.1. The largest absolute Gasteiger partial charge is 0.418 e. The third kappa shape index (κ3) is 4.48. The number of amides is 1. The van der Waals surface area contributed by atoms with Gasteiger partial charge in [0.15, 0.2) is 0 Å². The fourth-order valence-corrected chi connectivity index (χ4v) is 3.46. The van der Waals surface area contributed by atoms with Gasteiger partial charge in [0.1, 0.15) is 5.03 Å². The van der Waals surface area contributed by atoms with Crippen molar-refractivity contribution < 1.29 is 18.0 Å². The molecule has 1 aromatic carbocycles. The zero-order valence-electron chi connectivity index (χ0n) is 15.3. The lowest BCUT2D eigenvalue weighted by Crippen LogP contribution is -2.27. The van der Waals surface area contributed by atoms with E-state index in [1.54, 1.807) is 4.90 Å². The number of likely N-dealkylation sites (tertiary alicyclic amines) is 1. The number of hydrogen-bond donors (Lipinski definition) is 0. The van der Waals surface area contributed by atoms with Crippen LogP contribution in [0.25, 0.3) is 11.8 Å². The highest BCUT2D eigenvalue weighted by Gasteiger charge is 2.34. The molecule has 1 amide bonds. The zero-order valence-corrected chi connectivity index (χ0v) is 16.8. The van der Waals surface area contributed by atoms with Crippen LogP contribution in [0.5, 0.6) is 0 Å². The molecule has 0 spiro atoms. The van der Waals surface area contributed by atoms with Gasteiger partial charge in [0.2, 0.25) is 0 Å². The molecule has 1 aliphatic heterocycles. The quantitative estimate of drug-likeness (QED) is 0.657. The average molecular weight is 446 g/mol. The number of halogens is 5. The summed E-state index contributed by atoms with van der Waals surface area (Å²) in [5.74, 6) is -0.327. The lowest BCUT2D eigenvalue weighted by molar-refractivity contribution is -0.138. The third-order valence-corrected chi connectivity index (χ3v) is 5.24. The van der Waals surface area contributed by atoms with E-state index in [1.807, 2.05) is 0 Å². The van der Waals surface area contributed by atoms with Crippen molar-refractivity contribution in [3.8, 4) is 5.69 Å². The van der Waals surface area contributed by atoms with Crippen LogP contribution in [0.1, 0.15) is 29.5 Å². The monoisotopic (exact) mass is 445 g/mol. The Balaban J connectivity index is 2.00. The van der Waals surface area contributed by atoms with Crippen molar-refractivity contribution in [3.63, 3.8) is 0 Å². The second-order valence-electron chi connectivity index (χ2n) is 6.60. The highest BCUT2D eigenvalue weighted by Crippen LogP contribution is 2.30. The number of alkyl halides is 3. The number of carbonyl (C=O) groups is 1. The summed E-state index contributed by atoms with van der Waals surface area (Å²) >= 11 is 12.3. The lowest BCUT2D eigenvalue weighted by atomic mass is 10.1. The maximum Gasteiger partial charge on any atom is 0.418 e. The summed E-state index contributed by atoms with van der Waals surface area (Å²) in [5.41, 5.74) is -1.93. The first kappa shape index (κ1) is 21.4. The molecule has 2 aromatic rings. The summed E-state index contributed by atoms with van der Waals surface area (Å²) in [5, 5.41) is 3.85. The Morgan fingerprint density at radius 2 is 1.90 bits per heavy atom. The van der Waals surface area contributed by atoms with Crippen LogP contribution in [0.4, 0.5) is 13.2 Å². The van der Waals surface area contributed by atoms with Crippen molar-refractivity contribution in [2.24, 2.45) is 0 Å². The molecule has 1 aliphatic rings. The van der Waals surface area contributed by atoms with Crippen LogP contribution in [0.2, 0.25) is 5.02 Å². The summed E-state index contributed by atoms with van der Waals surface area (Å²) in [6, 6.07) is 4.33. The van der Waals surface area contributed by atoms with Crippen LogP contribution in [0.3, 0.4) is 0 Å². The summed E-state index contributed by atoms with van der Waals surface area (Å²) in [4.78, 5) is 26.4. The number of aromatic nitrogens is 2. The van der Waals surface area contributed by atoms with Gasteiger partial charge >= 0.3 is 6.18 Å². The van der Waals surface area contributed by atoms with Gasteiger partial charge in [-0.25, -0.2) is 0 Å². The molecular weight excluding hydrogens is 430 g/mol. The zero-order chi connectivity index (χ0) is 21.3. The van der Waals surface area contributed by atoms with Crippen LogP contribution in [0, 0.1) is 6.92 Å². The predicted molar refractivity (Wildman–Crippen MR) is 104 cm³/mol. The molecule has 10 heteroatoms. The molecule has 0 saturated carbocycles. The first-order chi connectivity index (χ1) is 13.6. The fourth-order valence-electron chi connectivity index (χ4n) is 3.05. The lowest BCUT2D eigenvalue weighted by Gasteiger charge is -2.15. The van der Waals surface area contributed by atoms with E-state index < -0.39 is 22.9 Å². The highest BCUT2D eigenvalue weighted by molar-refractivity contribution is 6.44. The Morgan fingerprint density at radius 3 is 2.52 bits per heavy atom. The molecule has 0 N–H and O–H groups in total. The first-order valence-corrected chi connectivity index (χ1v) is 9.47. The van der Waals surface area contributed by atoms with Gasteiger partial charge in [0.05, 0.1) is 17.4 Å². The molecule has 0 radical (unpaired) electrons. The Labute approximate surface area is 174 Å². The Hall–Kier alpha value is -2.32.